The van der Waals surface area contributed by atoms with Crippen LogP contribution in [-0.4, -0.2) is 31.1 Å². The van der Waals surface area contributed by atoms with Crippen LogP contribution in [0.25, 0.3) is 17.2 Å². The van der Waals surface area contributed by atoms with E-state index in [9.17, 15) is 18.0 Å². The van der Waals surface area contributed by atoms with Gasteiger partial charge in [-0.2, -0.15) is 13.2 Å². The van der Waals surface area contributed by atoms with Crippen molar-refractivity contribution in [1.29, 1.82) is 0 Å². The molecule has 2 aromatic rings. The van der Waals surface area contributed by atoms with E-state index in [2.05, 4.69) is 0 Å². The van der Waals surface area contributed by atoms with Gasteiger partial charge in [0.25, 0.3) is 0 Å². The monoisotopic (exact) mass is 428 g/mol. The van der Waals surface area contributed by atoms with Crippen molar-refractivity contribution in [3.05, 3.63) is 52.6 Å². The Balaban J connectivity index is 2.23. The third-order valence-electron chi connectivity index (χ3n) is 4.12. The Morgan fingerprint density at radius 2 is 1.96 bits per heavy atom. The van der Waals surface area contributed by atoms with Crippen molar-refractivity contribution < 1.29 is 27.4 Å². The molecule has 0 spiro atoms. The lowest BCUT2D eigenvalue weighted by Gasteiger charge is -2.29. The number of carbonyl (C=O) groups is 1. The van der Waals surface area contributed by atoms with Crippen LogP contribution in [0.3, 0.4) is 0 Å². The summed E-state index contributed by atoms with van der Waals surface area (Å²) in [6.45, 7) is 1.47. The molecule has 1 aliphatic rings. The van der Waals surface area contributed by atoms with Gasteiger partial charge in [0.2, 0.25) is 6.10 Å². The van der Waals surface area contributed by atoms with Gasteiger partial charge in [0.05, 0.1) is 12.2 Å². The molecule has 1 atom stereocenters. The lowest BCUT2D eigenvalue weighted by atomic mass is 9.95. The molecule has 1 heterocycles. The van der Waals surface area contributed by atoms with E-state index in [4.69, 9.17) is 21.1 Å². The normalized spacial score (nSPS) is 16.1. The molecule has 1 aliphatic heterocycles. The third-order valence-corrected chi connectivity index (χ3v) is 5.13. The second-order valence-electron chi connectivity index (χ2n) is 5.93. The van der Waals surface area contributed by atoms with Crippen LogP contribution in [0.5, 0.6) is 5.75 Å². The number of rotatable bonds is 4. The Labute approximate surface area is 169 Å². The average molecular weight is 429 g/mol. The van der Waals surface area contributed by atoms with E-state index < -0.39 is 23.8 Å². The highest BCUT2D eigenvalue weighted by molar-refractivity contribution is 7.98. The zero-order chi connectivity index (χ0) is 20.5. The van der Waals surface area contributed by atoms with Crippen LogP contribution in [0.2, 0.25) is 5.02 Å². The molecular weight excluding hydrogens is 413 g/mol. The summed E-state index contributed by atoms with van der Waals surface area (Å²) in [6.07, 6.45) is -4.19. The third kappa shape index (κ3) is 4.00. The average Bonchev–Trinajstić information content (AvgIpc) is 2.65. The van der Waals surface area contributed by atoms with Crippen LogP contribution < -0.4 is 4.74 Å². The summed E-state index contributed by atoms with van der Waals surface area (Å²) in [5, 5.41) is 0.318. The Kier molecular flexibility index (Phi) is 5.95. The zero-order valence-electron chi connectivity index (χ0n) is 15.0. The fourth-order valence-electron chi connectivity index (χ4n) is 2.97. The maximum absolute atomic E-state index is 13.6. The van der Waals surface area contributed by atoms with Crippen LogP contribution in [0.1, 0.15) is 12.5 Å². The molecule has 8 heteroatoms. The maximum atomic E-state index is 13.6. The van der Waals surface area contributed by atoms with Gasteiger partial charge in [-0.05, 0) is 43.0 Å². The molecule has 0 N–H and O–H groups in total. The van der Waals surface area contributed by atoms with Crippen molar-refractivity contribution in [2.45, 2.75) is 24.1 Å². The van der Waals surface area contributed by atoms with Crippen molar-refractivity contribution >= 4 is 35.4 Å². The minimum Gasteiger partial charge on any atom is -0.475 e. The highest BCUT2D eigenvalue weighted by Gasteiger charge is 2.49. The molecular formula is C20H16ClF3O3S. The van der Waals surface area contributed by atoms with Gasteiger partial charge < -0.3 is 9.47 Å². The number of hydrogen-bond acceptors (Lipinski definition) is 4. The van der Waals surface area contributed by atoms with Crippen molar-refractivity contribution in [3.63, 3.8) is 0 Å². The van der Waals surface area contributed by atoms with Gasteiger partial charge in [0, 0.05) is 21.0 Å². The topological polar surface area (TPSA) is 35.5 Å². The first-order valence-electron chi connectivity index (χ1n) is 8.35. The van der Waals surface area contributed by atoms with Gasteiger partial charge in [0.1, 0.15) is 5.75 Å². The van der Waals surface area contributed by atoms with Gasteiger partial charge in [-0.1, -0.05) is 29.8 Å². The number of carbonyl (C=O) groups excluding carboxylic acids is 1. The Morgan fingerprint density at radius 1 is 1.25 bits per heavy atom. The standard InChI is InChI=1S/C20H16ClF3O3S/c1-3-26-19(25)15-9-11-8-12(21)10-14(13-6-4-5-7-16(13)28-2)17(11)27-18(15)20(22,23)24/h4-10,18H,3H2,1-2H3. The van der Waals surface area contributed by atoms with Gasteiger partial charge in [-0.15, -0.1) is 11.8 Å². The van der Waals surface area contributed by atoms with E-state index in [-0.39, 0.29) is 12.4 Å². The van der Waals surface area contributed by atoms with Crippen LogP contribution in [0.15, 0.2) is 46.9 Å². The van der Waals surface area contributed by atoms with Gasteiger partial charge in [-0.3, -0.25) is 0 Å². The van der Waals surface area contributed by atoms with Gasteiger partial charge in [-0.25, -0.2) is 4.79 Å². The molecule has 2 aromatic carbocycles. The Bertz CT molecular complexity index is 941. The zero-order valence-corrected chi connectivity index (χ0v) is 16.5. The number of thioether (sulfide) groups is 1. The molecule has 0 radical (unpaired) electrons. The lowest BCUT2D eigenvalue weighted by molar-refractivity contribution is -0.187. The van der Waals surface area contributed by atoms with Gasteiger partial charge >= 0.3 is 12.1 Å². The number of esters is 1. The summed E-state index contributed by atoms with van der Waals surface area (Å²) in [5.41, 5.74) is 0.818. The molecule has 148 valence electrons. The summed E-state index contributed by atoms with van der Waals surface area (Å²) < 4.78 is 51.1. The molecule has 1 unspecified atom stereocenters. The first kappa shape index (κ1) is 20.6. The fraction of sp³-hybridized carbons (Fsp3) is 0.250. The molecule has 28 heavy (non-hydrogen) atoms. The minimum absolute atomic E-state index is 0.0290. The molecule has 0 amide bonds. The molecule has 3 nitrogen and oxygen atoms in total. The molecule has 0 bridgehead atoms. The molecule has 3 rings (SSSR count). The van der Waals surface area contributed by atoms with Crippen LogP contribution in [-0.2, 0) is 9.53 Å². The summed E-state index contributed by atoms with van der Waals surface area (Å²) >= 11 is 7.67. The molecule has 0 aliphatic carbocycles. The van der Waals surface area contributed by atoms with E-state index in [1.54, 1.807) is 18.2 Å². The number of benzene rings is 2. The first-order valence-corrected chi connectivity index (χ1v) is 9.95. The molecule has 0 saturated heterocycles. The summed E-state index contributed by atoms with van der Waals surface area (Å²) in [5.74, 6) is -1.04. The molecule has 0 aromatic heterocycles. The SMILES string of the molecule is CCOC(=O)C1=Cc2cc(Cl)cc(-c3ccccc3SC)c2OC1C(F)(F)F. The smallest absolute Gasteiger partial charge is 0.430 e. The summed E-state index contributed by atoms with van der Waals surface area (Å²) in [7, 11) is 0. The summed E-state index contributed by atoms with van der Waals surface area (Å²) in [6, 6.07) is 10.3. The van der Waals surface area contributed by atoms with E-state index >= 15 is 0 Å². The van der Waals surface area contributed by atoms with E-state index in [1.165, 1.54) is 24.8 Å². The quantitative estimate of drug-likeness (QED) is 0.442. The van der Waals surface area contributed by atoms with Gasteiger partial charge in [0.15, 0.2) is 0 Å². The number of ether oxygens (including phenoxy) is 2. The minimum atomic E-state index is -4.79. The number of alkyl halides is 3. The Morgan fingerprint density at radius 3 is 2.61 bits per heavy atom. The first-order chi connectivity index (χ1) is 13.3. The summed E-state index contributed by atoms with van der Waals surface area (Å²) in [4.78, 5) is 13.0. The Hall–Kier alpha value is -2.12. The van der Waals surface area contributed by atoms with Crippen molar-refractivity contribution in [2.24, 2.45) is 0 Å². The number of fused-ring (bicyclic) bond motifs is 1. The van der Waals surface area contributed by atoms with Crippen LogP contribution in [0.4, 0.5) is 13.2 Å². The van der Waals surface area contributed by atoms with E-state index in [0.29, 0.717) is 21.7 Å². The van der Waals surface area contributed by atoms with Crippen LogP contribution >= 0.6 is 23.4 Å². The predicted molar refractivity (Wildman–Crippen MR) is 104 cm³/mol. The maximum Gasteiger partial charge on any atom is 0.430 e. The van der Waals surface area contributed by atoms with Crippen molar-refractivity contribution in [2.75, 3.05) is 12.9 Å². The fourth-order valence-corrected chi connectivity index (χ4v) is 3.81. The highest BCUT2D eigenvalue weighted by atomic mass is 35.5. The van der Waals surface area contributed by atoms with E-state index in [0.717, 1.165) is 11.0 Å². The molecule has 0 fully saturated rings. The number of halogens is 4. The van der Waals surface area contributed by atoms with Crippen molar-refractivity contribution in [3.8, 4) is 16.9 Å². The van der Waals surface area contributed by atoms with E-state index in [1.807, 2.05) is 18.4 Å². The second kappa shape index (κ2) is 8.09. The predicted octanol–water partition coefficient (Wildman–Crippen LogP) is 6.00. The van der Waals surface area contributed by atoms with Crippen LogP contribution in [0, 0.1) is 0 Å². The lowest BCUT2D eigenvalue weighted by Crippen LogP contribution is -2.41. The second-order valence-corrected chi connectivity index (χ2v) is 7.22. The van der Waals surface area contributed by atoms with Crippen molar-refractivity contribution in [1.82, 2.24) is 0 Å². The number of hydrogen-bond donors (Lipinski definition) is 0. The molecule has 0 saturated carbocycles. The highest BCUT2D eigenvalue weighted by Crippen LogP contribution is 2.46. The largest absolute Gasteiger partial charge is 0.475 e.